The Kier molecular flexibility index (Phi) is 6.84. The normalized spacial score (nSPS) is 13.2. The molecule has 2 aromatic heterocycles. The first kappa shape index (κ1) is 21.7. The molecule has 3 aromatic rings. The Labute approximate surface area is 194 Å². The van der Waals surface area contributed by atoms with Crippen molar-refractivity contribution < 1.29 is 14.3 Å². The Morgan fingerprint density at radius 1 is 1.13 bits per heavy atom. The minimum Gasteiger partial charge on any atom is -0.462 e. The second-order valence-electron chi connectivity index (χ2n) is 7.17. The van der Waals surface area contributed by atoms with Gasteiger partial charge in [0.2, 0.25) is 0 Å². The van der Waals surface area contributed by atoms with E-state index in [2.05, 4.69) is 16.2 Å². The van der Waals surface area contributed by atoms with Crippen LogP contribution < -0.4 is 16.2 Å². The van der Waals surface area contributed by atoms with Gasteiger partial charge in [0.25, 0.3) is 5.91 Å². The number of rotatable bonds is 4. The van der Waals surface area contributed by atoms with Gasteiger partial charge in [-0.25, -0.2) is 4.79 Å². The summed E-state index contributed by atoms with van der Waals surface area (Å²) in [5.41, 5.74) is 7.63. The van der Waals surface area contributed by atoms with Crippen LogP contribution in [0.5, 0.6) is 0 Å². The first-order valence-electron chi connectivity index (χ1n) is 10.2. The quantitative estimate of drug-likeness (QED) is 0.213. The van der Waals surface area contributed by atoms with Gasteiger partial charge in [0.05, 0.1) is 17.7 Å². The molecule has 0 aliphatic heterocycles. The molecule has 1 amide bonds. The lowest BCUT2D eigenvalue weighted by Gasteiger charge is -2.12. The highest BCUT2D eigenvalue weighted by Crippen LogP contribution is 2.38. The summed E-state index contributed by atoms with van der Waals surface area (Å²) in [6.45, 7) is 2.11. The van der Waals surface area contributed by atoms with Gasteiger partial charge < -0.3 is 10.1 Å². The number of thiophene rings is 2. The van der Waals surface area contributed by atoms with Crippen LogP contribution in [0.15, 0.2) is 29.6 Å². The van der Waals surface area contributed by atoms with Crippen LogP contribution in [-0.2, 0) is 17.6 Å². The van der Waals surface area contributed by atoms with E-state index in [1.165, 1.54) is 16.2 Å². The number of nitrogens with one attached hydrogen (secondary N) is 3. The first-order chi connectivity index (χ1) is 15.1. The van der Waals surface area contributed by atoms with Crippen LogP contribution in [0.2, 0.25) is 0 Å². The standard InChI is InChI=1S/C22H23N3O3S3/c1-2-28-21(27)18-14-9-4-3-5-11-17(14)31-20(18)23-22(29)25-24-19(26)15-12-30-16-10-7-6-8-13(15)16/h6-8,10,12H,2-5,9,11H2,1H3,(H,24,26)(H2,23,25,29). The van der Waals surface area contributed by atoms with Crippen LogP contribution in [-0.4, -0.2) is 23.6 Å². The maximum atomic E-state index is 12.7. The van der Waals surface area contributed by atoms with E-state index in [4.69, 9.17) is 17.0 Å². The Bertz CT molecular complexity index is 1140. The fourth-order valence-corrected chi connectivity index (χ4v) is 6.16. The van der Waals surface area contributed by atoms with E-state index in [0.717, 1.165) is 47.8 Å². The Morgan fingerprint density at radius 2 is 1.94 bits per heavy atom. The third-order valence-electron chi connectivity index (χ3n) is 5.14. The van der Waals surface area contributed by atoms with E-state index in [-0.39, 0.29) is 17.0 Å². The van der Waals surface area contributed by atoms with Crippen LogP contribution in [0.4, 0.5) is 5.00 Å². The van der Waals surface area contributed by atoms with Crippen molar-refractivity contribution >= 4 is 67.0 Å². The topological polar surface area (TPSA) is 79.5 Å². The van der Waals surface area contributed by atoms with Crippen molar-refractivity contribution in [1.82, 2.24) is 10.9 Å². The van der Waals surface area contributed by atoms with Gasteiger partial charge >= 0.3 is 5.97 Å². The maximum absolute atomic E-state index is 12.7. The minimum atomic E-state index is -0.332. The summed E-state index contributed by atoms with van der Waals surface area (Å²) in [6, 6.07) is 7.75. The number of benzene rings is 1. The SMILES string of the molecule is CCOC(=O)c1c(NC(=S)NNC(=O)c2csc3ccccc23)sc2c1CCCCC2. The molecule has 3 N–H and O–H groups in total. The van der Waals surface area contributed by atoms with Gasteiger partial charge in [-0.05, 0) is 56.5 Å². The smallest absolute Gasteiger partial charge is 0.341 e. The van der Waals surface area contributed by atoms with Gasteiger partial charge in [0.1, 0.15) is 5.00 Å². The molecule has 0 saturated carbocycles. The molecule has 0 spiro atoms. The number of carbonyl (C=O) groups excluding carboxylic acids is 2. The molecule has 6 nitrogen and oxygen atoms in total. The highest BCUT2D eigenvalue weighted by atomic mass is 32.1. The van der Waals surface area contributed by atoms with Gasteiger partial charge in [-0.15, -0.1) is 22.7 Å². The van der Waals surface area contributed by atoms with Gasteiger partial charge in [0.15, 0.2) is 5.11 Å². The summed E-state index contributed by atoms with van der Waals surface area (Å²) < 4.78 is 6.35. The second-order valence-corrected chi connectivity index (χ2v) is 9.59. The molecule has 1 aromatic carbocycles. The highest BCUT2D eigenvalue weighted by Gasteiger charge is 2.26. The van der Waals surface area contributed by atoms with E-state index < -0.39 is 0 Å². The second kappa shape index (κ2) is 9.76. The van der Waals surface area contributed by atoms with Crippen molar-refractivity contribution in [2.45, 2.75) is 39.0 Å². The predicted molar refractivity (Wildman–Crippen MR) is 130 cm³/mol. The molecule has 1 aliphatic rings. The van der Waals surface area contributed by atoms with Crippen LogP contribution in [0, 0.1) is 0 Å². The maximum Gasteiger partial charge on any atom is 0.341 e. The predicted octanol–water partition coefficient (Wildman–Crippen LogP) is 5.04. The summed E-state index contributed by atoms with van der Waals surface area (Å²) in [6.07, 6.45) is 5.15. The monoisotopic (exact) mass is 473 g/mol. The van der Waals surface area contributed by atoms with Crippen molar-refractivity contribution in [1.29, 1.82) is 0 Å². The average Bonchev–Trinajstić information content (AvgIpc) is 3.26. The average molecular weight is 474 g/mol. The van der Waals surface area contributed by atoms with Crippen LogP contribution in [0.3, 0.4) is 0 Å². The van der Waals surface area contributed by atoms with Crippen LogP contribution in [0.25, 0.3) is 10.1 Å². The number of aryl methyl sites for hydroxylation is 1. The minimum absolute atomic E-state index is 0.217. The van der Waals surface area contributed by atoms with Gasteiger partial charge in [-0.2, -0.15) is 0 Å². The number of anilines is 1. The first-order valence-corrected chi connectivity index (χ1v) is 12.3. The van der Waals surface area contributed by atoms with Gasteiger partial charge in [-0.3, -0.25) is 15.6 Å². The number of hydrogen-bond donors (Lipinski definition) is 3. The summed E-state index contributed by atoms with van der Waals surface area (Å²) in [4.78, 5) is 26.5. The largest absolute Gasteiger partial charge is 0.462 e. The number of thiocarbonyl (C=S) groups is 1. The number of amides is 1. The Hall–Kier alpha value is -2.49. The number of carbonyl (C=O) groups is 2. The van der Waals surface area contributed by atoms with E-state index in [0.29, 0.717) is 22.7 Å². The molecule has 0 fully saturated rings. The molecule has 0 saturated heterocycles. The van der Waals surface area contributed by atoms with Crippen LogP contribution in [0.1, 0.15) is 57.3 Å². The van der Waals surface area contributed by atoms with Gasteiger partial charge in [-0.1, -0.05) is 24.6 Å². The fourth-order valence-electron chi connectivity index (χ4n) is 3.72. The number of hydrogen-bond acceptors (Lipinski definition) is 6. The molecule has 162 valence electrons. The number of fused-ring (bicyclic) bond motifs is 2. The molecule has 0 atom stereocenters. The molecule has 1 aliphatic carbocycles. The van der Waals surface area contributed by atoms with Crippen molar-refractivity contribution in [3.8, 4) is 0 Å². The molecule has 0 radical (unpaired) electrons. The molecule has 0 unspecified atom stereocenters. The zero-order chi connectivity index (χ0) is 21.8. The number of hydrazine groups is 1. The third kappa shape index (κ3) is 4.73. The third-order valence-corrected chi connectivity index (χ3v) is 7.52. The molecular formula is C22H23N3O3S3. The summed E-state index contributed by atoms with van der Waals surface area (Å²) in [7, 11) is 0. The molecular weight excluding hydrogens is 450 g/mol. The highest BCUT2D eigenvalue weighted by molar-refractivity contribution is 7.80. The lowest BCUT2D eigenvalue weighted by Crippen LogP contribution is -2.43. The summed E-state index contributed by atoms with van der Waals surface area (Å²) in [5.74, 6) is -0.602. The zero-order valence-corrected chi connectivity index (χ0v) is 19.5. The Balaban J connectivity index is 1.47. The van der Waals surface area contributed by atoms with Crippen LogP contribution >= 0.6 is 34.9 Å². The lowest BCUT2D eigenvalue weighted by molar-refractivity contribution is 0.0526. The van der Waals surface area contributed by atoms with Gasteiger partial charge in [0, 0.05) is 20.3 Å². The van der Waals surface area contributed by atoms with Crippen molar-refractivity contribution in [3.63, 3.8) is 0 Å². The molecule has 9 heteroatoms. The van der Waals surface area contributed by atoms with E-state index in [1.54, 1.807) is 18.3 Å². The molecule has 31 heavy (non-hydrogen) atoms. The van der Waals surface area contributed by atoms with Crippen molar-refractivity contribution in [2.75, 3.05) is 11.9 Å². The van der Waals surface area contributed by atoms with E-state index >= 15 is 0 Å². The lowest BCUT2D eigenvalue weighted by atomic mass is 10.1. The Morgan fingerprint density at radius 3 is 2.77 bits per heavy atom. The van der Waals surface area contributed by atoms with E-state index in [9.17, 15) is 9.59 Å². The molecule has 0 bridgehead atoms. The fraction of sp³-hybridized carbons (Fsp3) is 0.318. The molecule has 4 rings (SSSR count). The number of esters is 1. The number of ether oxygens (including phenoxy) is 1. The van der Waals surface area contributed by atoms with E-state index in [1.807, 2.05) is 29.6 Å². The van der Waals surface area contributed by atoms with Crippen molar-refractivity contribution in [2.24, 2.45) is 0 Å². The zero-order valence-electron chi connectivity index (χ0n) is 17.1. The molecule has 2 heterocycles. The summed E-state index contributed by atoms with van der Waals surface area (Å²) in [5, 5.41) is 6.70. The summed E-state index contributed by atoms with van der Waals surface area (Å²) >= 11 is 8.44. The van der Waals surface area contributed by atoms with Crippen molar-refractivity contribution in [3.05, 3.63) is 51.2 Å².